The molecule has 0 aliphatic heterocycles. The molecule has 1 amide bonds. The fraction of sp³-hybridized carbons (Fsp3) is 0.235. The number of sulfone groups is 1. The van der Waals surface area contributed by atoms with Crippen molar-refractivity contribution in [1.29, 1.82) is 0 Å². The quantitative estimate of drug-likeness (QED) is 0.469. The number of ether oxygens (including phenoxy) is 1. The van der Waals surface area contributed by atoms with E-state index in [9.17, 15) is 50.9 Å². The summed E-state index contributed by atoms with van der Waals surface area (Å²) in [6.07, 6.45) is -5.02. The molecule has 0 heterocycles. The molecule has 2 rings (SSSR count). The van der Waals surface area contributed by atoms with Crippen LogP contribution in [0, 0.1) is 0 Å². The van der Waals surface area contributed by atoms with Gasteiger partial charge in [0, 0.05) is 5.69 Å². The van der Waals surface area contributed by atoms with E-state index in [0.29, 0.717) is 24.3 Å². The van der Waals surface area contributed by atoms with E-state index in [4.69, 9.17) is 0 Å². The normalized spacial score (nSPS) is 16.8. The Morgan fingerprint density at radius 1 is 0.970 bits per heavy atom. The van der Waals surface area contributed by atoms with Crippen LogP contribution in [0.5, 0.6) is 5.75 Å². The second-order valence-corrected chi connectivity index (χ2v) is 11.4. The minimum Gasteiger partial charge on any atom is -0.406 e. The first-order valence-corrected chi connectivity index (χ1v) is 12.1. The lowest BCUT2D eigenvalue weighted by Gasteiger charge is -2.40. The van der Waals surface area contributed by atoms with Crippen molar-refractivity contribution in [1.82, 2.24) is 0 Å². The predicted molar refractivity (Wildman–Crippen MR) is 102 cm³/mol. The standard InChI is InChI=1S/C17H15F8NO5S2/c1-16(28,10-32(29,30)13-6-4-12(5-7-13)31-17(18,19)20)15(27)26-11-2-8-14(9-3-11)33(21,22,23,24)25/h2-9,28H,10H2,1H3,(H,26,27). The minimum atomic E-state index is -9.94. The second-order valence-electron chi connectivity index (χ2n) is 7.00. The van der Waals surface area contributed by atoms with Gasteiger partial charge in [-0.25, -0.2) is 8.42 Å². The number of rotatable bonds is 7. The number of hydrogen-bond acceptors (Lipinski definition) is 5. The van der Waals surface area contributed by atoms with Gasteiger partial charge in [0.2, 0.25) is 0 Å². The number of hydrogen-bond donors (Lipinski definition) is 2. The summed E-state index contributed by atoms with van der Waals surface area (Å²) >= 11 is 0. The smallest absolute Gasteiger partial charge is 0.406 e. The Hall–Kier alpha value is -2.59. The van der Waals surface area contributed by atoms with E-state index in [1.165, 1.54) is 0 Å². The van der Waals surface area contributed by atoms with Crippen LogP contribution in [0.4, 0.5) is 38.3 Å². The average Bonchev–Trinajstić information content (AvgIpc) is 2.58. The fourth-order valence-corrected chi connectivity index (χ4v) is 4.67. The molecular weight excluding hydrogens is 514 g/mol. The van der Waals surface area contributed by atoms with Crippen molar-refractivity contribution in [3.05, 3.63) is 48.5 Å². The van der Waals surface area contributed by atoms with E-state index in [1.54, 1.807) is 0 Å². The van der Waals surface area contributed by atoms with Crippen molar-refractivity contribution in [2.75, 3.05) is 11.1 Å². The van der Waals surface area contributed by atoms with Gasteiger partial charge in [-0.2, -0.15) is 0 Å². The van der Waals surface area contributed by atoms with Gasteiger partial charge < -0.3 is 15.2 Å². The zero-order valence-electron chi connectivity index (χ0n) is 16.2. The molecule has 186 valence electrons. The van der Waals surface area contributed by atoms with E-state index in [-0.39, 0.29) is 12.1 Å². The lowest BCUT2D eigenvalue weighted by molar-refractivity contribution is -0.274. The first-order chi connectivity index (χ1) is 14.5. The van der Waals surface area contributed by atoms with Gasteiger partial charge in [0.05, 0.1) is 10.6 Å². The zero-order valence-corrected chi connectivity index (χ0v) is 17.9. The Kier molecular flexibility index (Phi) is 6.03. The minimum absolute atomic E-state index is 0.00714. The molecule has 0 spiro atoms. The van der Waals surface area contributed by atoms with E-state index < -0.39 is 64.9 Å². The van der Waals surface area contributed by atoms with E-state index >= 15 is 0 Å². The summed E-state index contributed by atoms with van der Waals surface area (Å²) in [5.74, 6) is -3.39. The summed E-state index contributed by atoms with van der Waals surface area (Å²) in [5, 5.41) is 12.2. The Balaban J connectivity index is 2.15. The van der Waals surface area contributed by atoms with Crippen LogP contribution >= 0.6 is 10.2 Å². The Morgan fingerprint density at radius 2 is 1.45 bits per heavy atom. The van der Waals surface area contributed by atoms with Crippen LogP contribution in [0.1, 0.15) is 6.92 Å². The summed E-state index contributed by atoms with van der Waals surface area (Å²) in [5.41, 5.74) is -3.12. The van der Waals surface area contributed by atoms with Gasteiger partial charge in [0.15, 0.2) is 15.4 Å². The van der Waals surface area contributed by atoms with Gasteiger partial charge in [-0.15, -0.1) is 13.2 Å². The maximum Gasteiger partial charge on any atom is 0.573 e. The zero-order chi connectivity index (χ0) is 25.6. The van der Waals surface area contributed by atoms with Gasteiger partial charge in [0.25, 0.3) is 5.91 Å². The van der Waals surface area contributed by atoms with Gasteiger partial charge in [-0.1, -0.05) is 19.4 Å². The van der Waals surface area contributed by atoms with Crippen LogP contribution in [-0.4, -0.2) is 37.1 Å². The molecule has 6 nitrogen and oxygen atoms in total. The van der Waals surface area contributed by atoms with Crippen LogP contribution < -0.4 is 10.1 Å². The first-order valence-electron chi connectivity index (χ1n) is 8.45. The number of amides is 1. The lowest BCUT2D eigenvalue weighted by Crippen LogP contribution is -2.45. The highest BCUT2D eigenvalue weighted by atomic mass is 32.5. The van der Waals surface area contributed by atoms with Crippen molar-refractivity contribution in [3.8, 4) is 5.75 Å². The predicted octanol–water partition coefficient (Wildman–Crippen LogP) is 5.41. The molecule has 1 unspecified atom stereocenters. The Bertz CT molecular complexity index is 1140. The molecule has 0 aromatic heterocycles. The average molecular weight is 529 g/mol. The third-order valence-electron chi connectivity index (χ3n) is 3.93. The van der Waals surface area contributed by atoms with Crippen LogP contribution in [-0.2, 0) is 14.6 Å². The number of nitrogens with one attached hydrogen (secondary N) is 1. The van der Waals surface area contributed by atoms with E-state index in [0.717, 1.165) is 19.1 Å². The largest absolute Gasteiger partial charge is 0.573 e. The number of aliphatic hydroxyl groups is 1. The molecule has 0 aliphatic carbocycles. The van der Waals surface area contributed by atoms with Gasteiger partial charge >= 0.3 is 16.6 Å². The number of alkyl halides is 3. The molecule has 0 fully saturated rings. The summed E-state index contributed by atoms with van der Waals surface area (Å²) in [4.78, 5) is 9.44. The molecule has 0 bridgehead atoms. The van der Waals surface area contributed by atoms with Gasteiger partial charge in [-0.3, -0.25) is 4.79 Å². The molecule has 0 radical (unpaired) electrons. The maximum atomic E-state index is 12.7. The molecule has 0 aliphatic rings. The summed E-state index contributed by atoms with van der Waals surface area (Å²) in [7, 11) is -14.4. The molecule has 1 atom stereocenters. The van der Waals surface area contributed by atoms with Crippen LogP contribution in [0.2, 0.25) is 0 Å². The lowest BCUT2D eigenvalue weighted by atomic mass is 10.1. The highest BCUT2D eigenvalue weighted by Gasteiger charge is 2.65. The molecule has 2 aromatic carbocycles. The number of benzene rings is 2. The number of carbonyl (C=O) groups excluding carboxylic acids is 1. The topological polar surface area (TPSA) is 92.7 Å². The summed E-state index contributed by atoms with van der Waals surface area (Å²) in [6, 6.07) is 3.84. The van der Waals surface area contributed by atoms with Gasteiger partial charge in [-0.05, 0) is 55.5 Å². The monoisotopic (exact) mass is 529 g/mol. The summed E-state index contributed by atoms with van der Waals surface area (Å²) in [6.45, 7) is 0.754. The number of carbonyl (C=O) groups is 1. The molecule has 0 saturated heterocycles. The van der Waals surface area contributed by atoms with Crippen LogP contribution in [0.25, 0.3) is 0 Å². The van der Waals surface area contributed by atoms with Gasteiger partial charge in [0.1, 0.15) is 10.6 Å². The highest BCUT2D eigenvalue weighted by molar-refractivity contribution is 8.45. The fourth-order valence-electron chi connectivity index (χ4n) is 2.43. The van der Waals surface area contributed by atoms with Crippen molar-refractivity contribution < 1.29 is 55.7 Å². The molecule has 0 saturated carbocycles. The SMILES string of the molecule is CC(O)(CS(=O)(=O)c1ccc(OC(F)(F)F)cc1)C(=O)Nc1ccc(S(F)(F)(F)(F)F)cc1. The number of anilines is 1. The van der Waals surface area contributed by atoms with Crippen molar-refractivity contribution in [2.45, 2.75) is 28.7 Å². The maximum absolute atomic E-state index is 12.7. The Labute approximate surface area is 181 Å². The number of halogens is 8. The third-order valence-corrected chi connectivity index (χ3v) is 7.03. The summed E-state index contributed by atoms with van der Waals surface area (Å²) < 4.78 is 129. The third kappa shape index (κ3) is 7.46. The Morgan fingerprint density at radius 3 is 1.88 bits per heavy atom. The first kappa shape index (κ1) is 26.7. The van der Waals surface area contributed by atoms with E-state index in [1.807, 2.05) is 5.32 Å². The van der Waals surface area contributed by atoms with E-state index in [2.05, 4.69) is 4.74 Å². The molecule has 2 N–H and O–H groups in total. The van der Waals surface area contributed by atoms with Crippen LogP contribution in [0.15, 0.2) is 58.3 Å². The van der Waals surface area contributed by atoms with Crippen LogP contribution in [0.3, 0.4) is 0 Å². The molecule has 16 heteroatoms. The van der Waals surface area contributed by atoms with Crippen molar-refractivity contribution in [3.63, 3.8) is 0 Å². The van der Waals surface area contributed by atoms with Crippen molar-refractivity contribution >= 4 is 31.7 Å². The second kappa shape index (κ2) is 7.46. The van der Waals surface area contributed by atoms with Crippen molar-refractivity contribution in [2.24, 2.45) is 0 Å². The molecule has 33 heavy (non-hydrogen) atoms. The highest BCUT2D eigenvalue weighted by Crippen LogP contribution is 3.02. The molecule has 2 aromatic rings. The molecular formula is C17H15F8NO5S2.